The lowest BCUT2D eigenvalue weighted by molar-refractivity contribution is -0.138. The number of carboxylic acid groups (broad SMARTS) is 1. The zero-order chi connectivity index (χ0) is 10.6. The van der Waals surface area contributed by atoms with Crippen molar-refractivity contribution < 1.29 is 14.7 Å². The van der Waals surface area contributed by atoms with E-state index >= 15 is 0 Å². The van der Waals surface area contributed by atoms with Crippen LogP contribution in [0, 0.1) is 5.92 Å². The fourth-order valence-corrected chi connectivity index (χ4v) is 1.86. The number of carboxylic acids is 1. The zero-order valence-electron chi connectivity index (χ0n) is 8.53. The van der Waals surface area contributed by atoms with E-state index in [4.69, 9.17) is 5.11 Å². The second kappa shape index (κ2) is 4.98. The Morgan fingerprint density at radius 1 is 1.36 bits per heavy atom. The van der Waals surface area contributed by atoms with Crippen molar-refractivity contribution in [2.45, 2.75) is 32.6 Å². The van der Waals surface area contributed by atoms with Crippen LogP contribution in [-0.4, -0.2) is 35.0 Å². The molecule has 4 heteroatoms. The summed E-state index contributed by atoms with van der Waals surface area (Å²) < 4.78 is 0. The van der Waals surface area contributed by atoms with Crippen molar-refractivity contribution in [3.05, 3.63) is 0 Å². The molecule has 0 bridgehead atoms. The molecular formula is C10H17NO3. The van der Waals surface area contributed by atoms with E-state index in [0.29, 0.717) is 5.92 Å². The van der Waals surface area contributed by atoms with Gasteiger partial charge in [0.2, 0.25) is 5.91 Å². The summed E-state index contributed by atoms with van der Waals surface area (Å²) >= 11 is 0. The highest BCUT2D eigenvalue weighted by Gasteiger charge is 2.20. The average Bonchev–Trinajstić information content (AvgIpc) is 2.15. The molecule has 1 aliphatic heterocycles. The molecule has 0 aromatic heterocycles. The highest BCUT2D eigenvalue weighted by atomic mass is 16.4. The van der Waals surface area contributed by atoms with Crippen LogP contribution in [0.3, 0.4) is 0 Å². The minimum atomic E-state index is -0.723. The first-order valence-corrected chi connectivity index (χ1v) is 5.07. The quantitative estimate of drug-likeness (QED) is 0.740. The summed E-state index contributed by atoms with van der Waals surface area (Å²) in [7, 11) is 0. The van der Waals surface area contributed by atoms with Gasteiger partial charge in [-0.1, -0.05) is 0 Å². The van der Waals surface area contributed by atoms with Crippen LogP contribution in [0.2, 0.25) is 0 Å². The van der Waals surface area contributed by atoms with Crippen LogP contribution in [0.15, 0.2) is 0 Å². The molecule has 0 unspecified atom stereocenters. The van der Waals surface area contributed by atoms with Gasteiger partial charge in [-0.05, 0) is 25.2 Å². The van der Waals surface area contributed by atoms with Crippen molar-refractivity contribution in [1.29, 1.82) is 0 Å². The number of amides is 1. The third-order valence-corrected chi connectivity index (χ3v) is 2.83. The predicted molar refractivity (Wildman–Crippen MR) is 51.8 cm³/mol. The van der Waals surface area contributed by atoms with Crippen molar-refractivity contribution in [3.8, 4) is 0 Å². The first kappa shape index (κ1) is 11.0. The molecule has 1 heterocycles. The van der Waals surface area contributed by atoms with Crippen LogP contribution in [0.4, 0.5) is 0 Å². The molecule has 4 nitrogen and oxygen atoms in total. The number of carbonyl (C=O) groups is 2. The van der Waals surface area contributed by atoms with E-state index in [1.807, 2.05) is 4.90 Å². The fourth-order valence-electron chi connectivity index (χ4n) is 1.86. The Balaban J connectivity index is 2.22. The molecule has 0 radical (unpaired) electrons. The molecule has 14 heavy (non-hydrogen) atoms. The summed E-state index contributed by atoms with van der Waals surface area (Å²) in [6.07, 6.45) is 2.91. The Bertz CT molecular complexity index is 219. The monoisotopic (exact) mass is 199 g/mol. The molecule has 1 N–H and O–H groups in total. The molecule has 0 aromatic rings. The van der Waals surface area contributed by atoms with E-state index in [0.717, 1.165) is 32.4 Å². The fraction of sp³-hybridized carbons (Fsp3) is 0.800. The molecule has 0 saturated carbocycles. The summed E-state index contributed by atoms with van der Waals surface area (Å²) in [5, 5.41) is 8.52. The lowest BCUT2D eigenvalue weighted by Crippen LogP contribution is -2.37. The molecule has 1 aliphatic rings. The molecule has 1 rings (SSSR count). The maximum atomic E-state index is 11.0. The van der Waals surface area contributed by atoms with Crippen LogP contribution in [0.25, 0.3) is 0 Å². The second-order valence-electron chi connectivity index (χ2n) is 3.88. The van der Waals surface area contributed by atoms with E-state index < -0.39 is 5.97 Å². The van der Waals surface area contributed by atoms with Gasteiger partial charge in [0.25, 0.3) is 0 Å². The summed E-state index contributed by atoms with van der Waals surface area (Å²) in [6.45, 7) is 3.16. The third-order valence-electron chi connectivity index (χ3n) is 2.83. The Kier molecular flexibility index (Phi) is 3.92. The van der Waals surface area contributed by atoms with Crippen molar-refractivity contribution in [1.82, 2.24) is 4.90 Å². The largest absolute Gasteiger partial charge is 0.481 e. The van der Waals surface area contributed by atoms with Gasteiger partial charge in [0, 0.05) is 26.4 Å². The highest BCUT2D eigenvalue weighted by Crippen LogP contribution is 2.21. The van der Waals surface area contributed by atoms with E-state index in [1.165, 1.54) is 0 Å². The Hall–Kier alpha value is -1.06. The number of likely N-dealkylation sites (tertiary alicyclic amines) is 1. The van der Waals surface area contributed by atoms with E-state index in [9.17, 15) is 9.59 Å². The summed E-state index contributed by atoms with van der Waals surface area (Å²) in [4.78, 5) is 23.2. The van der Waals surface area contributed by atoms with Gasteiger partial charge in [-0.3, -0.25) is 9.59 Å². The molecule has 80 valence electrons. The number of hydrogen-bond acceptors (Lipinski definition) is 2. The maximum Gasteiger partial charge on any atom is 0.303 e. The van der Waals surface area contributed by atoms with Crippen LogP contribution in [0.1, 0.15) is 32.6 Å². The van der Waals surface area contributed by atoms with Crippen LogP contribution >= 0.6 is 0 Å². The van der Waals surface area contributed by atoms with Gasteiger partial charge in [0.1, 0.15) is 0 Å². The number of piperidine rings is 1. The first-order valence-electron chi connectivity index (χ1n) is 5.07. The van der Waals surface area contributed by atoms with Crippen LogP contribution < -0.4 is 0 Å². The number of rotatable bonds is 3. The molecule has 0 atom stereocenters. The molecule has 0 spiro atoms. The maximum absolute atomic E-state index is 11.0. The van der Waals surface area contributed by atoms with Gasteiger partial charge < -0.3 is 10.0 Å². The number of carbonyl (C=O) groups excluding carboxylic acids is 1. The van der Waals surface area contributed by atoms with E-state index in [1.54, 1.807) is 6.92 Å². The van der Waals surface area contributed by atoms with Crippen molar-refractivity contribution in [2.75, 3.05) is 13.1 Å². The highest BCUT2D eigenvalue weighted by molar-refractivity contribution is 5.73. The molecule has 1 amide bonds. The van der Waals surface area contributed by atoms with Crippen molar-refractivity contribution in [3.63, 3.8) is 0 Å². The van der Waals surface area contributed by atoms with Gasteiger partial charge in [-0.25, -0.2) is 0 Å². The van der Waals surface area contributed by atoms with Crippen molar-refractivity contribution in [2.24, 2.45) is 5.92 Å². The molecule has 0 aromatic carbocycles. The van der Waals surface area contributed by atoms with Gasteiger partial charge in [0.15, 0.2) is 0 Å². The molecule has 0 aliphatic carbocycles. The predicted octanol–water partition coefficient (Wildman–Crippen LogP) is 1.11. The third kappa shape index (κ3) is 3.36. The minimum absolute atomic E-state index is 0.127. The lowest BCUT2D eigenvalue weighted by Gasteiger charge is -2.30. The normalized spacial score (nSPS) is 18.2. The summed E-state index contributed by atoms with van der Waals surface area (Å²) in [5.41, 5.74) is 0. The molecule has 1 saturated heterocycles. The standard InChI is InChI=1S/C10H17NO3/c1-8(12)11-6-4-9(5-7-11)2-3-10(13)14/h9H,2-7H2,1H3,(H,13,14). The summed E-state index contributed by atoms with van der Waals surface area (Å²) in [5.74, 6) is -0.109. The van der Waals surface area contributed by atoms with E-state index in [-0.39, 0.29) is 12.3 Å². The number of hydrogen-bond donors (Lipinski definition) is 1. The zero-order valence-corrected chi connectivity index (χ0v) is 8.53. The topological polar surface area (TPSA) is 57.6 Å². The number of nitrogens with zero attached hydrogens (tertiary/aromatic N) is 1. The van der Waals surface area contributed by atoms with Crippen LogP contribution in [-0.2, 0) is 9.59 Å². The van der Waals surface area contributed by atoms with E-state index in [2.05, 4.69) is 0 Å². The minimum Gasteiger partial charge on any atom is -0.481 e. The first-order chi connectivity index (χ1) is 6.59. The summed E-state index contributed by atoms with van der Waals surface area (Å²) in [6, 6.07) is 0. The SMILES string of the molecule is CC(=O)N1CCC(CCC(=O)O)CC1. The average molecular weight is 199 g/mol. The van der Waals surface area contributed by atoms with Gasteiger partial charge in [-0.2, -0.15) is 0 Å². The van der Waals surface area contributed by atoms with Crippen LogP contribution in [0.5, 0.6) is 0 Å². The Morgan fingerprint density at radius 2 is 1.93 bits per heavy atom. The second-order valence-corrected chi connectivity index (χ2v) is 3.88. The van der Waals surface area contributed by atoms with Gasteiger partial charge in [-0.15, -0.1) is 0 Å². The van der Waals surface area contributed by atoms with Gasteiger partial charge in [0.05, 0.1) is 0 Å². The Labute approximate surface area is 83.9 Å². The number of aliphatic carboxylic acids is 1. The molecule has 1 fully saturated rings. The van der Waals surface area contributed by atoms with Crippen molar-refractivity contribution >= 4 is 11.9 Å². The smallest absolute Gasteiger partial charge is 0.303 e. The lowest BCUT2D eigenvalue weighted by atomic mass is 9.92. The molecular weight excluding hydrogens is 182 g/mol. The van der Waals surface area contributed by atoms with Gasteiger partial charge >= 0.3 is 5.97 Å². The Morgan fingerprint density at radius 3 is 2.36 bits per heavy atom.